The number of carboxylic acids is 1. The van der Waals surface area contributed by atoms with Crippen molar-refractivity contribution in [3.63, 3.8) is 0 Å². The molecule has 0 fully saturated rings. The Hall–Kier alpha value is -1.86. The highest BCUT2D eigenvalue weighted by Crippen LogP contribution is 2.25. The molecular weight excluding hydrogens is 267 g/mol. The van der Waals surface area contributed by atoms with Crippen LogP contribution in [0, 0.1) is 5.82 Å². The molecule has 0 amide bonds. The van der Waals surface area contributed by atoms with Gasteiger partial charge in [0, 0.05) is 33.0 Å². The molecule has 1 rings (SSSR count). The van der Waals surface area contributed by atoms with Gasteiger partial charge in [0.1, 0.15) is 5.82 Å². The number of hydrogen-bond donors (Lipinski definition) is 2. The summed E-state index contributed by atoms with van der Waals surface area (Å²) in [7, 11) is 3.08. The average molecular weight is 286 g/mol. The second-order valence-electron chi connectivity index (χ2n) is 4.17. The summed E-state index contributed by atoms with van der Waals surface area (Å²) in [5.74, 6) is -1.76. The van der Waals surface area contributed by atoms with Gasteiger partial charge in [-0.3, -0.25) is 0 Å². The third-order valence-electron chi connectivity index (χ3n) is 2.82. The molecule has 20 heavy (non-hydrogen) atoms. The minimum absolute atomic E-state index is 0.0998. The van der Waals surface area contributed by atoms with Crippen LogP contribution in [0.3, 0.4) is 0 Å². The third-order valence-corrected chi connectivity index (χ3v) is 2.82. The maximum Gasteiger partial charge on any atom is 0.337 e. The van der Waals surface area contributed by atoms with Crippen molar-refractivity contribution < 1.29 is 23.8 Å². The third kappa shape index (κ3) is 4.07. The highest BCUT2D eigenvalue weighted by molar-refractivity contribution is 5.95. The Kier molecular flexibility index (Phi) is 6.20. The van der Waals surface area contributed by atoms with Gasteiger partial charge < -0.3 is 25.2 Å². The fourth-order valence-electron chi connectivity index (χ4n) is 1.76. The molecule has 0 aliphatic carbocycles. The van der Waals surface area contributed by atoms with Crippen LogP contribution in [-0.4, -0.2) is 51.6 Å². The Morgan fingerprint density at radius 1 is 1.30 bits per heavy atom. The molecule has 0 spiro atoms. The van der Waals surface area contributed by atoms with E-state index in [0.717, 1.165) is 6.07 Å². The maximum atomic E-state index is 14.0. The van der Waals surface area contributed by atoms with Crippen molar-refractivity contribution in [2.45, 2.75) is 0 Å². The van der Waals surface area contributed by atoms with Gasteiger partial charge >= 0.3 is 5.97 Å². The van der Waals surface area contributed by atoms with E-state index in [1.165, 1.54) is 20.3 Å². The van der Waals surface area contributed by atoms with Gasteiger partial charge in [-0.05, 0) is 12.1 Å². The number of ether oxygens (including phenoxy) is 2. The van der Waals surface area contributed by atoms with E-state index in [9.17, 15) is 9.18 Å². The zero-order chi connectivity index (χ0) is 15.1. The average Bonchev–Trinajstić information content (AvgIpc) is 2.39. The molecule has 0 unspecified atom stereocenters. The lowest BCUT2D eigenvalue weighted by molar-refractivity contribution is 0.0698. The summed E-state index contributed by atoms with van der Waals surface area (Å²) in [5, 5.41) is 9.04. The van der Waals surface area contributed by atoms with Crippen LogP contribution in [0.15, 0.2) is 12.1 Å². The molecule has 0 atom stereocenters. The summed E-state index contributed by atoms with van der Waals surface area (Å²) in [6.07, 6.45) is 0. The largest absolute Gasteiger partial charge is 0.478 e. The van der Waals surface area contributed by atoms with Crippen molar-refractivity contribution in [1.29, 1.82) is 0 Å². The Balaban J connectivity index is 3.10. The van der Waals surface area contributed by atoms with Gasteiger partial charge in [-0.1, -0.05) is 0 Å². The first kappa shape index (κ1) is 16.2. The monoisotopic (exact) mass is 286 g/mol. The number of halogens is 1. The normalized spacial score (nSPS) is 10.6. The van der Waals surface area contributed by atoms with Crippen molar-refractivity contribution in [1.82, 2.24) is 0 Å². The number of benzene rings is 1. The van der Waals surface area contributed by atoms with E-state index in [0.29, 0.717) is 26.3 Å². The molecule has 1 aromatic carbocycles. The number of aromatic carboxylic acids is 1. The van der Waals surface area contributed by atoms with E-state index in [4.69, 9.17) is 20.3 Å². The van der Waals surface area contributed by atoms with Crippen LogP contribution >= 0.6 is 0 Å². The first-order valence-electron chi connectivity index (χ1n) is 6.06. The van der Waals surface area contributed by atoms with E-state index in [2.05, 4.69) is 0 Å². The number of nitrogens with two attached hydrogens (primary N) is 1. The number of nitrogen functional groups attached to an aromatic ring is 1. The van der Waals surface area contributed by atoms with Gasteiger partial charge in [0.25, 0.3) is 0 Å². The summed E-state index contributed by atoms with van der Waals surface area (Å²) in [6.45, 7) is 1.60. The topological polar surface area (TPSA) is 85.0 Å². The zero-order valence-electron chi connectivity index (χ0n) is 11.6. The van der Waals surface area contributed by atoms with Gasteiger partial charge in [-0.15, -0.1) is 0 Å². The van der Waals surface area contributed by atoms with Crippen LogP contribution in [0.4, 0.5) is 15.8 Å². The number of rotatable bonds is 8. The van der Waals surface area contributed by atoms with Gasteiger partial charge in [0.05, 0.1) is 24.5 Å². The maximum absolute atomic E-state index is 14.0. The lowest BCUT2D eigenvalue weighted by Crippen LogP contribution is -2.31. The highest BCUT2D eigenvalue weighted by atomic mass is 19.1. The summed E-state index contributed by atoms with van der Waals surface area (Å²) in [5.41, 5.74) is 5.45. The molecule has 0 heterocycles. The van der Waals surface area contributed by atoms with Crippen LogP contribution < -0.4 is 10.6 Å². The van der Waals surface area contributed by atoms with Crippen molar-refractivity contribution >= 4 is 17.3 Å². The number of anilines is 2. The van der Waals surface area contributed by atoms with Crippen LogP contribution in [-0.2, 0) is 9.47 Å². The van der Waals surface area contributed by atoms with Crippen LogP contribution in [0.25, 0.3) is 0 Å². The summed E-state index contributed by atoms with van der Waals surface area (Å²) < 4.78 is 23.9. The second-order valence-corrected chi connectivity index (χ2v) is 4.17. The molecule has 0 aromatic heterocycles. The number of nitrogens with zero attached hydrogens (tertiary/aromatic N) is 1. The van der Waals surface area contributed by atoms with E-state index >= 15 is 0 Å². The Morgan fingerprint density at radius 3 is 2.30 bits per heavy atom. The lowest BCUT2D eigenvalue weighted by atomic mass is 10.1. The molecule has 0 radical (unpaired) electrons. The minimum Gasteiger partial charge on any atom is -0.478 e. The Labute approximate surface area is 116 Å². The van der Waals surface area contributed by atoms with E-state index in [1.807, 2.05) is 0 Å². The molecule has 7 heteroatoms. The summed E-state index contributed by atoms with van der Waals surface area (Å²) in [6, 6.07) is 2.25. The minimum atomic E-state index is -1.19. The SMILES string of the molecule is COCCN(CCOC)c1cc(C(=O)O)c(N)cc1F. The van der Waals surface area contributed by atoms with Gasteiger partial charge in [0.15, 0.2) is 0 Å². The van der Waals surface area contributed by atoms with Crippen LogP contribution in [0.5, 0.6) is 0 Å². The fraction of sp³-hybridized carbons (Fsp3) is 0.462. The van der Waals surface area contributed by atoms with Gasteiger partial charge in [0.2, 0.25) is 0 Å². The molecule has 3 N–H and O–H groups in total. The van der Waals surface area contributed by atoms with Gasteiger partial charge in [-0.2, -0.15) is 0 Å². The zero-order valence-corrected chi connectivity index (χ0v) is 11.6. The number of carboxylic acid groups (broad SMARTS) is 1. The highest BCUT2D eigenvalue weighted by Gasteiger charge is 2.17. The van der Waals surface area contributed by atoms with Crippen LogP contribution in [0.2, 0.25) is 0 Å². The number of methoxy groups -OCH3 is 2. The first-order chi connectivity index (χ1) is 9.51. The van der Waals surface area contributed by atoms with Crippen molar-refractivity contribution in [2.75, 3.05) is 51.2 Å². The van der Waals surface area contributed by atoms with Crippen LogP contribution in [0.1, 0.15) is 10.4 Å². The Bertz CT molecular complexity index is 460. The molecule has 0 aliphatic heterocycles. The lowest BCUT2D eigenvalue weighted by Gasteiger charge is -2.25. The molecule has 1 aromatic rings. The molecule has 0 bridgehead atoms. The summed E-state index contributed by atoms with van der Waals surface area (Å²) >= 11 is 0. The second kappa shape index (κ2) is 7.66. The predicted molar refractivity (Wildman–Crippen MR) is 73.7 cm³/mol. The molecule has 112 valence electrons. The number of carbonyl (C=O) groups is 1. The van der Waals surface area contributed by atoms with E-state index in [-0.39, 0.29) is 16.9 Å². The van der Waals surface area contributed by atoms with E-state index < -0.39 is 11.8 Å². The van der Waals surface area contributed by atoms with Crippen molar-refractivity contribution in [3.8, 4) is 0 Å². The smallest absolute Gasteiger partial charge is 0.337 e. The molecular formula is C13H19FN2O4. The van der Waals surface area contributed by atoms with Crippen molar-refractivity contribution in [2.24, 2.45) is 0 Å². The first-order valence-corrected chi connectivity index (χ1v) is 6.06. The standard InChI is InChI=1S/C13H19FN2O4/c1-19-5-3-16(4-6-20-2)12-7-9(13(17)18)11(15)8-10(12)14/h7-8H,3-6,15H2,1-2H3,(H,17,18). The molecule has 0 saturated heterocycles. The quantitative estimate of drug-likeness (QED) is 0.699. The van der Waals surface area contributed by atoms with E-state index in [1.54, 1.807) is 4.90 Å². The summed E-state index contributed by atoms with van der Waals surface area (Å²) in [4.78, 5) is 12.7. The predicted octanol–water partition coefficient (Wildman–Crippen LogP) is 1.21. The Morgan fingerprint density at radius 2 is 1.85 bits per heavy atom. The number of hydrogen-bond acceptors (Lipinski definition) is 5. The molecule has 0 saturated carbocycles. The van der Waals surface area contributed by atoms with Gasteiger partial charge in [-0.25, -0.2) is 9.18 Å². The van der Waals surface area contributed by atoms with Crippen molar-refractivity contribution in [3.05, 3.63) is 23.5 Å². The molecule has 0 aliphatic rings. The fourth-order valence-corrected chi connectivity index (χ4v) is 1.76. The molecule has 6 nitrogen and oxygen atoms in total.